The SMILES string of the molecule is [2H]c1c([2H])c([2H])c(-c2nc(-c3c([2H])c([2H])c([2H])c([2H])c3[2H])nc(-c3c([2H])c([2H])c([2H])c4oc5c([2H])c(-n6c7c([2H])c([2H])c([2H])c([2H])c7c7c([2H])c([2H])c8c([2H])c([2H])c([2H])c([2H])c8c76)c([2H])c([2H])c5c34)n2)c([2H])c1[2H]. The van der Waals surface area contributed by atoms with Gasteiger partial charge in [0.25, 0.3) is 0 Å². The summed E-state index contributed by atoms with van der Waals surface area (Å²) in [6, 6.07) is -22.1. The first-order valence-electron chi connectivity index (χ1n) is 26.9. The highest BCUT2D eigenvalue weighted by atomic mass is 16.3. The standard InChI is InChI=1S/C43H26N4O/c1-3-13-28(14-4-1)41-44-42(29-15-5-2-6-16-29)46-43(45-41)35-19-11-21-37-39(35)34-25-23-30(26-38(34)48-37)47-36-20-10-9-18-32(36)33-24-22-27-12-7-8-17-31(27)40(33)47/h1-26H/i1D,2D,3D,4D,5D,6D,7D,8D,9D,10D,11D,12D,13D,14D,15D,16D,17D,18D,19D,20D,21D,22D,23D,24D,25D,26D. The lowest BCUT2D eigenvalue weighted by Crippen LogP contribution is -2.00. The van der Waals surface area contributed by atoms with Crippen molar-refractivity contribution in [1.29, 1.82) is 0 Å². The molecule has 3 heterocycles. The topological polar surface area (TPSA) is 56.7 Å². The molecule has 0 aliphatic heterocycles. The predicted molar refractivity (Wildman–Crippen MR) is 195 cm³/mol. The highest BCUT2D eigenvalue weighted by molar-refractivity contribution is 6.19. The van der Waals surface area contributed by atoms with Gasteiger partial charge in [0.1, 0.15) is 11.2 Å². The molecule has 10 aromatic rings. The molecule has 0 bridgehead atoms. The second-order valence-electron chi connectivity index (χ2n) is 10.1. The van der Waals surface area contributed by atoms with Crippen LogP contribution in [0.1, 0.15) is 35.6 Å². The number of furan rings is 1. The number of hydrogen-bond acceptors (Lipinski definition) is 4. The van der Waals surface area contributed by atoms with E-state index in [4.69, 9.17) is 34.6 Å². The van der Waals surface area contributed by atoms with Gasteiger partial charge in [0.15, 0.2) is 17.5 Å². The lowest BCUT2D eigenvalue weighted by Gasteiger charge is -2.10. The van der Waals surface area contributed by atoms with Gasteiger partial charge in [0, 0.05) is 55.4 Å². The molecule has 5 heteroatoms. The van der Waals surface area contributed by atoms with Gasteiger partial charge in [-0.3, -0.25) is 0 Å². The molecule has 0 fully saturated rings. The van der Waals surface area contributed by atoms with Crippen molar-refractivity contribution in [3.05, 3.63) is 157 Å². The normalized spacial score (nSPS) is 19.3. The van der Waals surface area contributed by atoms with Gasteiger partial charge in [-0.1, -0.05) is 127 Å². The first kappa shape index (κ1) is 11.6. The zero-order valence-corrected chi connectivity index (χ0v) is 23.7. The van der Waals surface area contributed by atoms with E-state index in [0.717, 1.165) is 4.57 Å². The average molecular weight is 641 g/mol. The first-order chi connectivity index (χ1) is 34.6. The molecule has 0 amide bonds. The van der Waals surface area contributed by atoms with Gasteiger partial charge in [0.2, 0.25) is 0 Å². The van der Waals surface area contributed by atoms with Gasteiger partial charge in [-0.15, -0.1) is 0 Å². The van der Waals surface area contributed by atoms with E-state index in [1.807, 2.05) is 0 Å². The quantitative estimate of drug-likeness (QED) is 0.192. The molecule has 48 heavy (non-hydrogen) atoms. The molecule has 0 aliphatic carbocycles. The molecule has 0 aliphatic rings. The average Bonchev–Trinajstić information content (AvgIpc) is 3.94. The van der Waals surface area contributed by atoms with Crippen LogP contribution in [0.15, 0.2) is 162 Å². The molecule has 0 spiro atoms. The fraction of sp³-hybridized carbons (Fsp3) is 0. The van der Waals surface area contributed by atoms with E-state index in [9.17, 15) is 5.48 Å². The van der Waals surface area contributed by atoms with E-state index >= 15 is 0 Å². The number of fused-ring (bicyclic) bond motifs is 8. The Hall–Kier alpha value is -6.59. The number of nitrogens with zero attached hydrogens (tertiary/aromatic N) is 4. The first-order valence-corrected chi connectivity index (χ1v) is 13.9. The number of aromatic nitrogens is 4. The zero-order chi connectivity index (χ0) is 54.2. The highest BCUT2D eigenvalue weighted by Gasteiger charge is 2.20. The lowest BCUT2D eigenvalue weighted by molar-refractivity contribution is 0.668. The van der Waals surface area contributed by atoms with E-state index in [-0.39, 0.29) is 0 Å². The molecular formula is C43H26N4O. The maximum absolute atomic E-state index is 9.76. The largest absolute Gasteiger partial charge is 0.456 e. The summed E-state index contributed by atoms with van der Waals surface area (Å²) < 4.78 is 236. The summed E-state index contributed by atoms with van der Waals surface area (Å²) >= 11 is 0. The van der Waals surface area contributed by atoms with Crippen molar-refractivity contribution in [3.63, 3.8) is 0 Å². The summed E-state index contributed by atoms with van der Waals surface area (Å²) in [4.78, 5) is 12.9. The third-order valence-electron chi connectivity index (χ3n) is 7.43. The van der Waals surface area contributed by atoms with Gasteiger partial charge in [-0.05, 0) is 29.6 Å². The summed E-state index contributed by atoms with van der Waals surface area (Å²) in [5.74, 6) is -2.35. The van der Waals surface area contributed by atoms with Crippen LogP contribution in [0.3, 0.4) is 0 Å². The highest BCUT2D eigenvalue weighted by Crippen LogP contribution is 2.40. The molecule has 0 atom stereocenters. The molecule has 0 N–H and O–H groups in total. The summed E-state index contributed by atoms with van der Waals surface area (Å²) in [6.45, 7) is 0. The lowest BCUT2D eigenvalue weighted by atomic mass is 10.0. The third-order valence-corrected chi connectivity index (χ3v) is 7.43. The fourth-order valence-corrected chi connectivity index (χ4v) is 5.44. The van der Waals surface area contributed by atoms with Gasteiger partial charge < -0.3 is 8.98 Å². The Bertz CT molecular complexity index is 4190. The van der Waals surface area contributed by atoms with Crippen molar-refractivity contribution in [1.82, 2.24) is 19.5 Å². The molecule has 224 valence electrons. The minimum Gasteiger partial charge on any atom is -0.456 e. The molecule has 0 saturated heterocycles. The smallest absolute Gasteiger partial charge is 0.164 e. The molecule has 0 saturated carbocycles. The number of benzene rings is 7. The fourth-order valence-electron chi connectivity index (χ4n) is 5.44. The monoisotopic (exact) mass is 640 g/mol. The Kier molecular flexibility index (Phi) is 2.53. The van der Waals surface area contributed by atoms with E-state index in [0.29, 0.717) is 0 Å². The van der Waals surface area contributed by atoms with E-state index in [1.54, 1.807) is 0 Å². The zero-order valence-electron chi connectivity index (χ0n) is 49.7. The molecular weight excluding hydrogens is 589 g/mol. The Morgan fingerprint density at radius 3 is 1.90 bits per heavy atom. The van der Waals surface area contributed by atoms with E-state index in [2.05, 4.69) is 15.0 Å². The van der Waals surface area contributed by atoms with Crippen LogP contribution in [0.25, 0.3) is 94.4 Å². The second kappa shape index (κ2) is 10.5. The van der Waals surface area contributed by atoms with Crippen LogP contribution >= 0.6 is 0 Å². The number of hydrogen-bond donors (Lipinski definition) is 0. The molecule has 3 aromatic heterocycles. The van der Waals surface area contributed by atoms with Gasteiger partial charge in [-0.2, -0.15) is 0 Å². The number of rotatable bonds is 4. The summed E-state index contributed by atoms with van der Waals surface area (Å²) in [7, 11) is 0. The third kappa shape index (κ3) is 4.08. The van der Waals surface area contributed by atoms with E-state index in [1.165, 1.54) is 0 Å². The minimum atomic E-state index is -0.971. The van der Waals surface area contributed by atoms with Crippen molar-refractivity contribution in [2.45, 2.75) is 0 Å². The van der Waals surface area contributed by atoms with Crippen LogP contribution < -0.4 is 0 Å². The maximum Gasteiger partial charge on any atom is 0.164 e. The van der Waals surface area contributed by atoms with Crippen LogP contribution in [0, 0.1) is 0 Å². The molecule has 0 radical (unpaired) electrons. The molecule has 5 nitrogen and oxygen atoms in total. The van der Waals surface area contributed by atoms with Crippen LogP contribution in [0.5, 0.6) is 0 Å². The van der Waals surface area contributed by atoms with Crippen LogP contribution in [0.2, 0.25) is 0 Å². The Morgan fingerprint density at radius 2 is 1.12 bits per heavy atom. The molecule has 7 aromatic carbocycles. The Labute approximate surface area is 311 Å². The molecule has 10 rings (SSSR count). The van der Waals surface area contributed by atoms with Gasteiger partial charge in [0.05, 0.1) is 46.7 Å². The minimum absolute atomic E-state index is 0.447. The summed E-state index contributed by atoms with van der Waals surface area (Å²) in [5, 5.41) is -3.01. The van der Waals surface area contributed by atoms with Crippen LogP contribution in [0.4, 0.5) is 0 Å². The van der Waals surface area contributed by atoms with Crippen molar-refractivity contribution in [2.24, 2.45) is 0 Å². The Morgan fingerprint density at radius 1 is 0.479 bits per heavy atom. The van der Waals surface area contributed by atoms with Crippen LogP contribution in [-0.2, 0) is 0 Å². The summed E-state index contributed by atoms with van der Waals surface area (Å²) in [6.07, 6.45) is 0. The summed E-state index contributed by atoms with van der Waals surface area (Å²) in [5.41, 5.74) is -5.19. The Balaban J connectivity index is 1.41. The van der Waals surface area contributed by atoms with E-state index < -0.39 is 251 Å². The van der Waals surface area contributed by atoms with Gasteiger partial charge >= 0.3 is 0 Å². The van der Waals surface area contributed by atoms with Crippen molar-refractivity contribution < 1.29 is 40.1 Å². The number of para-hydroxylation sites is 1. The predicted octanol–water partition coefficient (Wildman–Crippen LogP) is 11.0. The van der Waals surface area contributed by atoms with Crippen LogP contribution in [-0.4, -0.2) is 19.5 Å². The molecule has 0 unspecified atom stereocenters. The van der Waals surface area contributed by atoms with Crippen molar-refractivity contribution >= 4 is 54.5 Å². The maximum atomic E-state index is 9.76. The van der Waals surface area contributed by atoms with Gasteiger partial charge in [-0.25, -0.2) is 15.0 Å². The second-order valence-corrected chi connectivity index (χ2v) is 10.1. The van der Waals surface area contributed by atoms with Crippen molar-refractivity contribution in [2.75, 3.05) is 0 Å². The van der Waals surface area contributed by atoms with Crippen molar-refractivity contribution in [3.8, 4) is 39.9 Å².